The Labute approximate surface area is 242 Å². The molecule has 1 saturated carbocycles. The van der Waals surface area contributed by atoms with Gasteiger partial charge in [0.15, 0.2) is 9.84 Å². The van der Waals surface area contributed by atoms with Crippen LogP contribution in [0, 0.1) is 17.6 Å². The second-order valence-electron chi connectivity index (χ2n) is 9.97. The maximum Gasteiger partial charge on any atom is 0.248 e. The van der Waals surface area contributed by atoms with E-state index in [1.54, 1.807) is 18.5 Å². The van der Waals surface area contributed by atoms with Crippen LogP contribution < -0.4 is 0 Å². The molecule has 1 atom stereocenters. The number of benzene rings is 1. The molecule has 1 fully saturated rings. The molecule has 6 nitrogen and oxygen atoms in total. The van der Waals surface area contributed by atoms with E-state index in [-0.39, 0.29) is 39.9 Å². The van der Waals surface area contributed by atoms with Crippen LogP contribution in [-0.4, -0.2) is 40.1 Å². The first-order valence-corrected chi connectivity index (χ1v) is 15.5. The molecule has 1 aromatic carbocycles. The molecule has 0 N–H and O–H groups in total. The Hall–Kier alpha value is -3.38. The van der Waals surface area contributed by atoms with Gasteiger partial charge in [-0.05, 0) is 77.2 Å². The molecule has 4 aromatic heterocycles. The number of halogens is 5. The Balaban J connectivity index is 0.000000500. The van der Waals surface area contributed by atoms with E-state index in [4.69, 9.17) is 0 Å². The fourth-order valence-electron chi connectivity index (χ4n) is 5.39. The van der Waals surface area contributed by atoms with Crippen LogP contribution in [-0.2, 0) is 9.84 Å². The van der Waals surface area contributed by atoms with Gasteiger partial charge >= 0.3 is 0 Å². The van der Waals surface area contributed by atoms with Gasteiger partial charge in [0.2, 0.25) is 5.92 Å². The molecule has 0 spiro atoms. The highest BCUT2D eigenvalue weighted by Gasteiger charge is 2.41. The van der Waals surface area contributed by atoms with E-state index in [1.165, 1.54) is 29.1 Å². The summed E-state index contributed by atoms with van der Waals surface area (Å²) in [4.78, 5) is 12.2. The maximum absolute atomic E-state index is 15.2. The minimum atomic E-state index is -3.86. The summed E-state index contributed by atoms with van der Waals surface area (Å²) in [6.07, 6.45) is 6.67. The first-order valence-electron chi connectivity index (χ1n) is 12.8. The quantitative estimate of drug-likeness (QED) is 0.149. The number of aromatic nitrogens is 4. The molecule has 0 aliphatic heterocycles. The fourth-order valence-corrected chi connectivity index (χ4v) is 6.57. The normalized spacial score (nSPS) is 16.3. The second-order valence-corrected chi connectivity index (χ2v) is 12.9. The summed E-state index contributed by atoms with van der Waals surface area (Å²) in [6.45, 7) is 0. The van der Waals surface area contributed by atoms with E-state index >= 15 is 8.78 Å². The van der Waals surface area contributed by atoms with Gasteiger partial charge in [-0.15, -0.1) is 0 Å². The van der Waals surface area contributed by atoms with Crippen molar-refractivity contribution in [2.24, 2.45) is 5.92 Å². The van der Waals surface area contributed by atoms with Crippen molar-refractivity contribution in [3.05, 3.63) is 95.1 Å². The van der Waals surface area contributed by atoms with E-state index in [1.807, 2.05) is 18.2 Å². The van der Waals surface area contributed by atoms with Crippen LogP contribution in [0.5, 0.6) is 0 Å². The lowest BCUT2D eigenvalue weighted by atomic mass is 9.80. The first kappa shape index (κ1) is 29.1. The van der Waals surface area contributed by atoms with E-state index in [9.17, 15) is 17.2 Å². The monoisotopic (exact) mass is 648 g/mol. The number of sulfone groups is 1. The molecule has 0 radical (unpaired) electrons. The van der Waals surface area contributed by atoms with Gasteiger partial charge in [-0.2, -0.15) is 0 Å². The van der Waals surface area contributed by atoms with Crippen LogP contribution >= 0.6 is 15.9 Å². The van der Waals surface area contributed by atoms with Gasteiger partial charge in [0.25, 0.3) is 0 Å². The van der Waals surface area contributed by atoms with Crippen molar-refractivity contribution >= 4 is 47.7 Å². The van der Waals surface area contributed by atoms with Crippen molar-refractivity contribution < 1.29 is 26.0 Å². The molecule has 12 heteroatoms. The summed E-state index contributed by atoms with van der Waals surface area (Å²) in [5.41, 5.74) is 0.524. The second kappa shape index (κ2) is 11.5. The average molecular weight is 650 g/mol. The maximum atomic E-state index is 15.2. The first-order chi connectivity index (χ1) is 19.5. The highest BCUT2D eigenvalue weighted by molar-refractivity contribution is 9.10. The summed E-state index contributed by atoms with van der Waals surface area (Å²) < 4.78 is 86.2. The number of rotatable bonds is 4. The van der Waals surface area contributed by atoms with E-state index in [0.29, 0.717) is 9.99 Å². The number of hydrogen-bond donors (Lipinski definition) is 0. The highest BCUT2D eigenvalue weighted by Crippen LogP contribution is 2.47. The smallest absolute Gasteiger partial charge is 0.248 e. The van der Waals surface area contributed by atoms with Crippen molar-refractivity contribution in [1.29, 1.82) is 0 Å². The van der Waals surface area contributed by atoms with Gasteiger partial charge in [-0.25, -0.2) is 26.0 Å². The van der Waals surface area contributed by atoms with Gasteiger partial charge in [-0.3, -0.25) is 15.0 Å². The van der Waals surface area contributed by atoms with Crippen LogP contribution in [0.25, 0.3) is 21.9 Å². The molecule has 4 heterocycles. The SMILES string of the molecule is CS(=O)(=O)c1ccc(F)c2c3ncc(Br)cc3n(C(c3ncccc3F)C3CCC(F)(F)CC3)c12.c1ccncc1. The van der Waals surface area contributed by atoms with Crippen LogP contribution in [0.3, 0.4) is 0 Å². The number of fused-ring (bicyclic) bond motifs is 3. The number of nitrogens with zero attached hydrogens (tertiary/aromatic N) is 4. The highest BCUT2D eigenvalue weighted by atomic mass is 79.9. The minimum Gasteiger partial charge on any atom is -0.328 e. The third-order valence-electron chi connectivity index (χ3n) is 7.18. The van der Waals surface area contributed by atoms with Gasteiger partial charge in [-0.1, -0.05) is 6.07 Å². The van der Waals surface area contributed by atoms with Crippen LogP contribution in [0.4, 0.5) is 17.6 Å². The van der Waals surface area contributed by atoms with Crippen LogP contribution in [0.1, 0.15) is 37.4 Å². The lowest BCUT2D eigenvalue weighted by Crippen LogP contribution is -2.31. The topological polar surface area (TPSA) is 77.7 Å². The van der Waals surface area contributed by atoms with Gasteiger partial charge in [0.05, 0.1) is 38.6 Å². The molecular weight excluding hydrogens is 624 g/mol. The Morgan fingerprint density at radius 3 is 2.27 bits per heavy atom. The predicted molar refractivity (Wildman–Crippen MR) is 151 cm³/mol. The van der Waals surface area contributed by atoms with Gasteiger partial charge < -0.3 is 4.57 Å². The molecule has 41 heavy (non-hydrogen) atoms. The largest absolute Gasteiger partial charge is 0.328 e. The Bertz CT molecular complexity index is 1780. The van der Waals surface area contributed by atoms with Crippen molar-refractivity contribution in [3.63, 3.8) is 0 Å². The number of pyridine rings is 3. The lowest BCUT2D eigenvalue weighted by Gasteiger charge is -2.35. The Morgan fingerprint density at radius 2 is 1.68 bits per heavy atom. The summed E-state index contributed by atoms with van der Waals surface area (Å²) >= 11 is 3.35. The summed E-state index contributed by atoms with van der Waals surface area (Å²) in [5.74, 6) is -4.70. The van der Waals surface area contributed by atoms with Crippen molar-refractivity contribution in [1.82, 2.24) is 19.5 Å². The lowest BCUT2D eigenvalue weighted by molar-refractivity contribution is -0.0495. The zero-order chi connectivity index (χ0) is 29.4. The van der Waals surface area contributed by atoms with Crippen LogP contribution in [0.15, 0.2) is 82.7 Å². The minimum absolute atomic E-state index is 0.0143. The number of alkyl halides is 2. The fraction of sp³-hybridized carbons (Fsp3) is 0.276. The molecular formula is C29H25BrF4N4O2S. The molecule has 1 unspecified atom stereocenters. The zero-order valence-electron chi connectivity index (χ0n) is 21.8. The van der Waals surface area contributed by atoms with Gasteiger partial charge in [0, 0.05) is 48.4 Å². The van der Waals surface area contributed by atoms with Crippen molar-refractivity contribution in [3.8, 4) is 0 Å². The standard InChI is InChI=1S/C24H20BrF4N3O2S.C5H5N/c1-35(33,34)18-5-4-15(26)19-21-17(11-14(25)12-31-21)32(23(18)19)22(20-16(27)3-2-10-30-20)13-6-8-24(28,29)9-7-13;1-2-4-6-5-3-1/h2-5,10-13,22H,6-9H2,1H3;1-5H. The third-order valence-corrected chi connectivity index (χ3v) is 8.74. The Kier molecular flexibility index (Phi) is 8.15. The van der Waals surface area contributed by atoms with Gasteiger partial charge in [0.1, 0.15) is 11.6 Å². The molecule has 5 aromatic rings. The van der Waals surface area contributed by atoms with E-state index in [2.05, 4.69) is 30.9 Å². The average Bonchev–Trinajstić information content (AvgIpc) is 3.26. The molecule has 6 rings (SSSR count). The van der Waals surface area contributed by atoms with E-state index in [0.717, 1.165) is 18.4 Å². The summed E-state index contributed by atoms with van der Waals surface area (Å²) in [6, 6.07) is 11.2. The predicted octanol–water partition coefficient (Wildman–Crippen LogP) is 7.53. The molecule has 0 amide bonds. The van der Waals surface area contributed by atoms with Crippen molar-refractivity contribution in [2.45, 2.75) is 42.5 Å². The molecule has 0 saturated heterocycles. The van der Waals surface area contributed by atoms with E-state index < -0.39 is 52.2 Å². The van der Waals surface area contributed by atoms with Crippen molar-refractivity contribution in [2.75, 3.05) is 6.26 Å². The molecule has 214 valence electrons. The molecule has 1 aliphatic rings. The zero-order valence-corrected chi connectivity index (χ0v) is 24.2. The summed E-state index contributed by atoms with van der Waals surface area (Å²) in [5, 5.41) is -0.0297. The van der Waals surface area contributed by atoms with Crippen LogP contribution in [0.2, 0.25) is 0 Å². The molecule has 0 bridgehead atoms. The third kappa shape index (κ3) is 5.99. The number of hydrogen-bond acceptors (Lipinski definition) is 5. The summed E-state index contributed by atoms with van der Waals surface area (Å²) in [7, 11) is -3.86. The molecule has 1 aliphatic carbocycles. The Morgan fingerprint density at radius 1 is 0.976 bits per heavy atom.